The average molecular weight is 292 g/mol. The molecule has 1 amide bonds. The smallest absolute Gasteiger partial charge is 0.223 e. The van der Waals surface area contributed by atoms with Crippen LogP contribution in [-0.4, -0.2) is 31.7 Å². The van der Waals surface area contributed by atoms with Crippen LogP contribution in [0.4, 0.5) is 0 Å². The first-order valence-corrected chi connectivity index (χ1v) is 7.61. The summed E-state index contributed by atoms with van der Waals surface area (Å²) in [5.74, 6) is 1.44. The Kier molecular flexibility index (Phi) is 5.87. The fourth-order valence-electron chi connectivity index (χ4n) is 2.04. The van der Waals surface area contributed by atoms with Crippen molar-refractivity contribution in [2.24, 2.45) is 5.73 Å². The van der Waals surface area contributed by atoms with E-state index in [0.29, 0.717) is 43.7 Å². The van der Waals surface area contributed by atoms with Gasteiger partial charge in [0.15, 0.2) is 11.5 Å². The Morgan fingerprint density at radius 1 is 1.33 bits per heavy atom. The van der Waals surface area contributed by atoms with Crippen molar-refractivity contribution in [1.29, 1.82) is 0 Å². The summed E-state index contributed by atoms with van der Waals surface area (Å²) in [6, 6.07) is 6.21. The van der Waals surface area contributed by atoms with E-state index < -0.39 is 0 Å². The fourth-order valence-corrected chi connectivity index (χ4v) is 2.04. The minimum atomic E-state index is 0.0511. The van der Waals surface area contributed by atoms with E-state index in [1.54, 1.807) is 0 Å². The summed E-state index contributed by atoms with van der Waals surface area (Å²) in [4.78, 5) is 11.6. The van der Waals surface area contributed by atoms with Crippen molar-refractivity contribution < 1.29 is 14.3 Å². The van der Waals surface area contributed by atoms with Gasteiger partial charge in [-0.2, -0.15) is 0 Å². The second-order valence-corrected chi connectivity index (χ2v) is 5.19. The number of carbonyl (C=O) groups excluding carboxylic acids is 1. The molecule has 0 bridgehead atoms. The van der Waals surface area contributed by atoms with Gasteiger partial charge in [-0.25, -0.2) is 0 Å². The Bertz CT molecular complexity index is 473. The number of amides is 1. The Morgan fingerprint density at radius 2 is 2.14 bits per heavy atom. The molecule has 0 aliphatic heterocycles. The molecule has 3 N–H and O–H groups in total. The second-order valence-electron chi connectivity index (χ2n) is 5.19. The van der Waals surface area contributed by atoms with Gasteiger partial charge in [0.1, 0.15) is 0 Å². The quantitative estimate of drug-likeness (QED) is 0.725. The number of hydrogen-bond acceptors (Lipinski definition) is 4. The van der Waals surface area contributed by atoms with E-state index in [4.69, 9.17) is 15.2 Å². The summed E-state index contributed by atoms with van der Waals surface area (Å²) in [6.07, 6.45) is 3.38. The standard InChI is InChI=1S/C16H24N2O3/c1-2-20-15-11-12(7-9-17)3-6-14(15)21-10-8-16(19)18-13-4-5-13/h3,6,11,13H,2,4-5,7-10,17H2,1H3,(H,18,19). The van der Waals surface area contributed by atoms with Crippen molar-refractivity contribution in [3.05, 3.63) is 23.8 Å². The molecule has 1 aromatic rings. The van der Waals surface area contributed by atoms with E-state index in [-0.39, 0.29) is 5.91 Å². The first-order chi connectivity index (χ1) is 10.2. The summed E-state index contributed by atoms with van der Waals surface area (Å²) in [6.45, 7) is 3.47. The number of hydrogen-bond donors (Lipinski definition) is 2. The number of nitrogens with two attached hydrogens (primary N) is 1. The van der Waals surface area contributed by atoms with Crippen molar-refractivity contribution >= 4 is 5.91 Å². The van der Waals surface area contributed by atoms with Gasteiger partial charge in [-0.15, -0.1) is 0 Å². The number of benzene rings is 1. The first kappa shape index (κ1) is 15.6. The largest absolute Gasteiger partial charge is 0.490 e. The molecule has 0 unspecified atom stereocenters. The van der Waals surface area contributed by atoms with Gasteiger partial charge in [0.05, 0.1) is 19.6 Å². The maximum atomic E-state index is 11.6. The first-order valence-electron chi connectivity index (χ1n) is 7.61. The van der Waals surface area contributed by atoms with Gasteiger partial charge in [-0.05, 0) is 50.4 Å². The van der Waals surface area contributed by atoms with Crippen LogP contribution < -0.4 is 20.5 Å². The normalized spacial score (nSPS) is 13.8. The zero-order chi connectivity index (χ0) is 15.1. The van der Waals surface area contributed by atoms with E-state index in [9.17, 15) is 4.79 Å². The molecule has 1 aliphatic rings. The van der Waals surface area contributed by atoms with Crippen LogP contribution in [0.2, 0.25) is 0 Å². The van der Waals surface area contributed by atoms with E-state index in [0.717, 1.165) is 24.8 Å². The molecule has 2 rings (SSSR count). The van der Waals surface area contributed by atoms with Crippen LogP contribution in [0.15, 0.2) is 18.2 Å². The van der Waals surface area contributed by atoms with Crippen LogP contribution in [0.5, 0.6) is 11.5 Å². The van der Waals surface area contributed by atoms with Crippen molar-refractivity contribution in [2.45, 2.75) is 38.6 Å². The fraction of sp³-hybridized carbons (Fsp3) is 0.562. The van der Waals surface area contributed by atoms with E-state index in [2.05, 4.69) is 5.32 Å². The third-order valence-electron chi connectivity index (χ3n) is 3.27. The van der Waals surface area contributed by atoms with Crippen molar-refractivity contribution in [3.63, 3.8) is 0 Å². The lowest BCUT2D eigenvalue weighted by molar-refractivity contribution is -0.121. The van der Waals surface area contributed by atoms with Crippen molar-refractivity contribution in [2.75, 3.05) is 19.8 Å². The van der Waals surface area contributed by atoms with Gasteiger partial charge >= 0.3 is 0 Å². The zero-order valence-electron chi connectivity index (χ0n) is 12.6. The molecule has 0 spiro atoms. The maximum Gasteiger partial charge on any atom is 0.223 e. The molecule has 0 aromatic heterocycles. The molecule has 0 saturated heterocycles. The minimum Gasteiger partial charge on any atom is -0.490 e. The van der Waals surface area contributed by atoms with Gasteiger partial charge in [0.25, 0.3) is 0 Å². The second kappa shape index (κ2) is 7.88. The van der Waals surface area contributed by atoms with Crippen LogP contribution in [0.1, 0.15) is 31.7 Å². The minimum absolute atomic E-state index is 0.0511. The Hall–Kier alpha value is -1.75. The molecule has 0 radical (unpaired) electrons. The molecule has 1 fully saturated rings. The number of ether oxygens (including phenoxy) is 2. The third kappa shape index (κ3) is 5.27. The highest BCUT2D eigenvalue weighted by Gasteiger charge is 2.22. The van der Waals surface area contributed by atoms with Crippen LogP contribution in [0.25, 0.3) is 0 Å². The highest BCUT2D eigenvalue weighted by Crippen LogP contribution is 2.28. The molecule has 21 heavy (non-hydrogen) atoms. The monoisotopic (exact) mass is 292 g/mol. The average Bonchev–Trinajstić information content (AvgIpc) is 3.26. The van der Waals surface area contributed by atoms with Crippen LogP contribution in [-0.2, 0) is 11.2 Å². The molecular weight excluding hydrogens is 268 g/mol. The Balaban J connectivity index is 1.86. The van der Waals surface area contributed by atoms with E-state index >= 15 is 0 Å². The molecule has 116 valence electrons. The predicted molar refractivity (Wildman–Crippen MR) is 81.6 cm³/mol. The molecule has 0 heterocycles. The van der Waals surface area contributed by atoms with Crippen LogP contribution in [0, 0.1) is 0 Å². The summed E-state index contributed by atoms with van der Waals surface area (Å²) in [5.41, 5.74) is 6.69. The molecular formula is C16H24N2O3. The highest BCUT2D eigenvalue weighted by molar-refractivity contribution is 5.76. The lowest BCUT2D eigenvalue weighted by Crippen LogP contribution is -2.26. The molecule has 5 nitrogen and oxygen atoms in total. The topological polar surface area (TPSA) is 73.6 Å². The van der Waals surface area contributed by atoms with Gasteiger partial charge in [0.2, 0.25) is 5.91 Å². The summed E-state index contributed by atoms with van der Waals surface area (Å²) in [7, 11) is 0. The van der Waals surface area contributed by atoms with Crippen molar-refractivity contribution in [3.8, 4) is 11.5 Å². The molecule has 0 atom stereocenters. The third-order valence-corrected chi connectivity index (χ3v) is 3.27. The number of nitrogens with one attached hydrogen (secondary N) is 1. The molecule has 1 aromatic carbocycles. The lowest BCUT2D eigenvalue weighted by Gasteiger charge is -2.13. The van der Waals surface area contributed by atoms with E-state index in [1.165, 1.54) is 0 Å². The van der Waals surface area contributed by atoms with Gasteiger partial charge < -0.3 is 20.5 Å². The SMILES string of the molecule is CCOc1cc(CCN)ccc1OCCC(=O)NC1CC1. The number of rotatable bonds is 9. The van der Waals surface area contributed by atoms with Gasteiger partial charge in [-0.3, -0.25) is 4.79 Å². The highest BCUT2D eigenvalue weighted by atomic mass is 16.5. The van der Waals surface area contributed by atoms with Gasteiger partial charge in [0, 0.05) is 6.04 Å². The zero-order valence-corrected chi connectivity index (χ0v) is 12.6. The summed E-state index contributed by atoms with van der Waals surface area (Å²) < 4.78 is 11.3. The van der Waals surface area contributed by atoms with Gasteiger partial charge in [-0.1, -0.05) is 6.07 Å². The Labute approximate surface area is 125 Å². The molecule has 5 heteroatoms. The number of carbonyl (C=O) groups is 1. The van der Waals surface area contributed by atoms with Crippen LogP contribution in [0.3, 0.4) is 0 Å². The van der Waals surface area contributed by atoms with E-state index in [1.807, 2.05) is 25.1 Å². The van der Waals surface area contributed by atoms with Crippen molar-refractivity contribution in [1.82, 2.24) is 5.32 Å². The predicted octanol–water partition coefficient (Wildman–Crippen LogP) is 1.63. The lowest BCUT2D eigenvalue weighted by atomic mass is 10.1. The molecule has 1 aliphatic carbocycles. The summed E-state index contributed by atoms with van der Waals surface area (Å²) >= 11 is 0. The Morgan fingerprint density at radius 3 is 2.81 bits per heavy atom. The maximum absolute atomic E-state index is 11.6. The summed E-state index contributed by atoms with van der Waals surface area (Å²) in [5, 5.41) is 2.94. The van der Waals surface area contributed by atoms with Crippen LogP contribution >= 0.6 is 0 Å². The molecule has 1 saturated carbocycles.